The highest BCUT2D eigenvalue weighted by Crippen LogP contribution is 2.08. The summed E-state index contributed by atoms with van der Waals surface area (Å²) >= 11 is 0. The molecule has 2 aromatic rings. The van der Waals surface area contributed by atoms with E-state index in [4.69, 9.17) is 9.47 Å². The molecule has 2 aromatic carbocycles. The Hall–Kier alpha value is -2.82. The van der Waals surface area contributed by atoms with Crippen LogP contribution in [0.5, 0.6) is 0 Å². The van der Waals surface area contributed by atoms with E-state index in [9.17, 15) is 9.59 Å². The number of hydrogen-bond donors (Lipinski definition) is 1. The van der Waals surface area contributed by atoms with E-state index < -0.39 is 6.09 Å². The number of nitrogens with one attached hydrogen (secondary N) is 1. The highest BCUT2D eigenvalue weighted by Gasteiger charge is 2.17. The summed E-state index contributed by atoms with van der Waals surface area (Å²) in [6, 6.07) is 18.6. The van der Waals surface area contributed by atoms with Gasteiger partial charge in [-0.2, -0.15) is 0 Å². The third-order valence-corrected chi connectivity index (χ3v) is 3.93. The van der Waals surface area contributed by atoms with E-state index in [0.29, 0.717) is 12.3 Å². The first-order valence-electron chi connectivity index (χ1n) is 9.19. The Balaban J connectivity index is 1.79. The van der Waals surface area contributed by atoms with E-state index in [1.807, 2.05) is 60.7 Å². The van der Waals surface area contributed by atoms with E-state index in [1.54, 1.807) is 0 Å². The van der Waals surface area contributed by atoms with Gasteiger partial charge in [-0.1, -0.05) is 74.5 Å². The van der Waals surface area contributed by atoms with Crippen LogP contribution in [-0.2, 0) is 27.3 Å². The van der Waals surface area contributed by atoms with Crippen molar-refractivity contribution in [2.75, 3.05) is 6.61 Å². The average Bonchev–Trinajstić information content (AvgIpc) is 2.66. The SMILES string of the molecule is CC(C)CC(COC(=O)Cc1ccccc1)NC(=O)OCc1ccccc1. The molecule has 0 aliphatic heterocycles. The largest absolute Gasteiger partial charge is 0.463 e. The number of benzene rings is 2. The van der Waals surface area contributed by atoms with Gasteiger partial charge in [0, 0.05) is 0 Å². The molecule has 1 unspecified atom stereocenters. The van der Waals surface area contributed by atoms with Gasteiger partial charge in [0.1, 0.15) is 13.2 Å². The summed E-state index contributed by atoms with van der Waals surface area (Å²) in [6.45, 7) is 4.44. The summed E-state index contributed by atoms with van der Waals surface area (Å²) in [5, 5.41) is 2.80. The molecule has 0 saturated heterocycles. The zero-order valence-electron chi connectivity index (χ0n) is 15.9. The van der Waals surface area contributed by atoms with E-state index >= 15 is 0 Å². The predicted molar refractivity (Wildman–Crippen MR) is 104 cm³/mol. The molecule has 1 amide bonds. The van der Waals surface area contributed by atoms with Crippen LogP contribution in [0.25, 0.3) is 0 Å². The molecule has 0 aliphatic rings. The van der Waals surface area contributed by atoms with Crippen molar-refractivity contribution in [2.24, 2.45) is 5.92 Å². The van der Waals surface area contributed by atoms with E-state index in [2.05, 4.69) is 19.2 Å². The molecule has 0 bridgehead atoms. The van der Waals surface area contributed by atoms with Crippen LogP contribution in [0.1, 0.15) is 31.4 Å². The number of carbonyl (C=O) groups is 2. The number of esters is 1. The molecule has 5 nitrogen and oxygen atoms in total. The summed E-state index contributed by atoms with van der Waals surface area (Å²) in [4.78, 5) is 24.1. The average molecular weight is 369 g/mol. The lowest BCUT2D eigenvalue weighted by atomic mass is 10.0. The van der Waals surface area contributed by atoms with Crippen LogP contribution in [0.4, 0.5) is 4.79 Å². The summed E-state index contributed by atoms with van der Waals surface area (Å²) in [5.41, 5.74) is 1.82. The summed E-state index contributed by atoms with van der Waals surface area (Å²) in [7, 11) is 0. The predicted octanol–water partition coefficient (Wildman–Crippen LogP) is 4.11. The molecule has 0 spiro atoms. The van der Waals surface area contributed by atoms with E-state index in [1.165, 1.54) is 0 Å². The molecule has 1 N–H and O–H groups in total. The van der Waals surface area contributed by atoms with Crippen molar-refractivity contribution in [1.82, 2.24) is 5.32 Å². The van der Waals surface area contributed by atoms with Crippen LogP contribution in [-0.4, -0.2) is 24.7 Å². The smallest absolute Gasteiger partial charge is 0.407 e. The van der Waals surface area contributed by atoms with Crippen molar-refractivity contribution in [3.8, 4) is 0 Å². The summed E-state index contributed by atoms with van der Waals surface area (Å²) in [5.74, 6) is 0.0339. The van der Waals surface area contributed by atoms with Gasteiger partial charge < -0.3 is 14.8 Å². The van der Waals surface area contributed by atoms with Gasteiger partial charge in [0.2, 0.25) is 0 Å². The Morgan fingerprint density at radius 1 is 0.889 bits per heavy atom. The quantitative estimate of drug-likeness (QED) is 0.676. The number of carbonyl (C=O) groups excluding carboxylic acids is 2. The number of amides is 1. The summed E-state index contributed by atoms with van der Waals surface area (Å²) < 4.78 is 10.6. The Kier molecular flexibility index (Phi) is 8.36. The maximum Gasteiger partial charge on any atom is 0.407 e. The maximum absolute atomic E-state index is 12.1. The van der Waals surface area contributed by atoms with Gasteiger partial charge in [-0.25, -0.2) is 4.79 Å². The van der Waals surface area contributed by atoms with Crippen molar-refractivity contribution in [1.29, 1.82) is 0 Å². The second-order valence-corrected chi connectivity index (χ2v) is 6.88. The maximum atomic E-state index is 12.1. The third kappa shape index (κ3) is 8.40. The number of ether oxygens (including phenoxy) is 2. The minimum absolute atomic E-state index is 0.129. The van der Waals surface area contributed by atoms with Crippen molar-refractivity contribution in [3.63, 3.8) is 0 Å². The monoisotopic (exact) mass is 369 g/mol. The molecular weight excluding hydrogens is 342 g/mol. The molecule has 27 heavy (non-hydrogen) atoms. The zero-order valence-corrected chi connectivity index (χ0v) is 15.9. The fourth-order valence-corrected chi connectivity index (χ4v) is 2.68. The molecule has 2 rings (SSSR count). The zero-order chi connectivity index (χ0) is 19.5. The van der Waals surface area contributed by atoms with E-state index in [0.717, 1.165) is 11.1 Å². The first-order chi connectivity index (χ1) is 13.0. The first kappa shape index (κ1) is 20.5. The molecule has 5 heteroatoms. The van der Waals surface area contributed by atoms with E-state index in [-0.39, 0.29) is 31.6 Å². The molecule has 144 valence electrons. The summed E-state index contributed by atoms with van der Waals surface area (Å²) in [6.07, 6.45) is 0.399. The minimum atomic E-state index is -0.511. The lowest BCUT2D eigenvalue weighted by Gasteiger charge is -2.20. The van der Waals surface area contributed by atoms with Gasteiger partial charge in [0.25, 0.3) is 0 Å². The van der Waals surface area contributed by atoms with Gasteiger partial charge in [-0.3, -0.25) is 4.79 Å². The first-order valence-corrected chi connectivity index (χ1v) is 9.19. The van der Waals surface area contributed by atoms with Crippen molar-refractivity contribution >= 4 is 12.1 Å². The number of rotatable bonds is 9. The van der Waals surface area contributed by atoms with Crippen molar-refractivity contribution in [3.05, 3.63) is 71.8 Å². The highest BCUT2D eigenvalue weighted by atomic mass is 16.6. The van der Waals surface area contributed by atoms with Crippen molar-refractivity contribution < 1.29 is 19.1 Å². The number of hydrogen-bond acceptors (Lipinski definition) is 4. The van der Waals surface area contributed by atoms with Crippen LogP contribution in [0.15, 0.2) is 60.7 Å². The second kappa shape index (κ2) is 11.0. The Morgan fingerprint density at radius 3 is 2.07 bits per heavy atom. The van der Waals surface area contributed by atoms with Crippen molar-refractivity contribution in [2.45, 2.75) is 39.3 Å². The molecule has 0 aromatic heterocycles. The molecule has 0 heterocycles. The molecule has 1 atom stereocenters. The molecule has 0 saturated carbocycles. The Morgan fingerprint density at radius 2 is 1.48 bits per heavy atom. The topological polar surface area (TPSA) is 64.6 Å². The Bertz CT molecular complexity index is 701. The van der Waals surface area contributed by atoms with Gasteiger partial charge in [-0.15, -0.1) is 0 Å². The third-order valence-electron chi connectivity index (χ3n) is 3.93. The second-order valence-electron chi connectivity index (χ2n) is 6.88. The minimum Gasteiger partial charge on any atom is -0.463 e. The van der Waals surface area contributed by atoms with Gasteiger partial charge in [0.05, 0.1) is 12.5 Å². The van der Waals surface area contributed by atoms with Crippen LogP contribution in [0.3, 0.4) is 0 Å². The van der Waals surface area contributed by atoms with Crippen LogP contribution in [0.2, 0.25) is 0 Å². The Labute approximate surface area is 160 Å². The van der Waals surface area contributed by atoms with Gasteiger partial charge in [0.15, 0.2) is 0 Å². The number of alkyl carbamates (subject to hydrolysis) is 1. The lowest BCUT2D eigenvalue weighted by molar-refractivity contribution is -0.143. The standard InChI is InChI=1S/C22H27NO4/c1-17(2)13-20(16-26-21(24)14-18-9-5-3-6-10-18)23-22(25)27-15-19-11-7-4-8-12-19/h3-12,17,20H,13-16H2,1-2H3,(H,23,25). The molecule has 0 fully saturated rings. The molecular formula is C22H27NO4. The molecule has 0 aliphatic carbocycles. The van der Waals surface area contributed by atoms with Crippen LogP contribution < -0.4 is 5.32 Å². The fraction of sp³-hybridized carbons (Fsp3) is 0.364. The van der Waals surface area contributed by atoms with Crippen LogP contribution >= 0.6 is 0 Å². The normalized spacial score (nSPS) is 11.7. The highest BCUT2D eigenvalue weighted by molar-refractivity contribution is 5.72. The lowest BCUT2D eigenvalue weighted by Crippen LogP contribution is -2.40. The molecule has 0 radical (unpaired) electrons. The van der Waals surface area contributed by atoms with Gasteiger partial charge >= 0.3 is 12.1 Å². The fourth-order valence-electron chi connectivity index (χ4n) is 2.68. The van der Waals surface area contributed by atoms with Gasteiger partial charge in [-0.05, 0) is 23.5 Å². The van der Waals surface area contributed by atoms with Crippen LogP contribution in [0, 0.1) is 5.92 Å².